The molecule has 3 rings (SSSR count). The summed E-state index contributed by atoms with van der Waals surface area (Å²) in [6.45, 7) is 2.21. The van der Waals surface area contributed by atoms with Gasteiger partial charge in [-0.3, -0.25) is 4.79 Å². The molecule has 1 aliphatic rings. The fourth-order valence-corrected chi connectivity index (χ4v) is 4.12. The Morgan fingerprint density at radius 1 is 1.55 bits per heavy atom. The highest BCUT2D eigenvalue weighted by molar-refractivity contribution is 7.17. The second-order valence-corrected chi connectivity index (χ2v) is 7.42. The molecule has 0 spiro atoms. The fraction of sp³-hybridized carbons (Fsp3) is 0.467. The van der Waals surface area contributed by atoms with Gasteiger partial charge in [0, 0.05) is 30.3 Å². The number of thiophene rings is 1. The van der Waals surface area contributed by atoms with Gasteiger partial charge in [0.15, 0.2) is 11.4 Å². The SMILES string of the molecule is CC(Cc1cccs1)N(C)c1nc(C2CC2)c(C=O)s1. The van der Waals surface area contributed by atoms with Crippen molar-refractivity contribution >= 4 is 34.1 Å². The first-order valence-corrected chi connectivity index (χ1v) is 8.59. The van der Waals surface area contributed by atoms with Crippen LogP contribution in [0.2, 0.25) is 0 Å². The second kappa shape index (κ2) is 5.66. The summed E-state index contributed by atoms with van der Waals surface area (Å²) >= 11 is 3.32. The predicted molar refractivity (Wildman–Crippen MR) is 85.4 cm³/mol. The van der Waals surface area contributed by atoms with Crippen molar-refractivity contribution in [2.75, 3.05) is 11.9 Å². The number of carbonyl (C=O) groups excluding carboxylic acids is 1. The maximum Gasteiger partial charge on any atom is 0.186 e. The van der Waals surface area contributed by atoms with Crippen LogP contribution in [0.25, 0.3) is 0 Å². The van der Waals surface area contributed by atoms with E-state index in [9.17, 15) is 4.79 Å². The molecule has 1 fully saturated rings. The average molecular weight is 306 g/mol. The normalized spacial score (nSPS) is 16.1. The first-order valence-electron chi connectivity index (χ1n) is 6.90. The van der Waals surface area contributed by atoms with Crippen molar-refractivity contribution in [2.24, 2.45) is 0 Å². The third kappa shape index (κ3) is 2.79. The lowest BCUT2D eigenvalue weighted by Crippen LogP contribution is -2.30. The third-order valence-corrected chi connectivity index (χ3v) is 5.77. The van der Waals surface area contributed by atoms with Gasteiger partial charge in [-0.2, -0.15) is 0 Å². The summed E-state index contributed by atoms with van der Waals surface area (Å²) < 4.78 is 0. The van der Waals surface area contributed by atoms with Crippen LogP contribution >= 0.6 is 22.7 Å². The highest BCUT2D eigenvalue weighted by Crippen LogP contribution is 2.43. The van der Waals surface area contributed by atoms with Crippen LogP contribution in [0.3, 0.4) is 0 Å². The smallest absolute Gasteiger partial charge is 0.186 e. The second-order valence-electron chi connectivity index (χ2n) is 5.38. The molecule has 1 unspecified atom stereocenters. The average Bonchev–Trinajstić information content (AvgIpc) is 3.00. The molecule has 0 bridgehead atoms. The summed E-state index contributed by atoms with van der Waals surface area (Å²) in [6.07, 6.45) is 4.34. The number of hydrogen-bond donors (Lipinski definition) is 0. The molecule has 3 nitrogen and oxygen atoms in total. The molecule has 0 amide bonds. The van der Waals surface area contributed by atoms with E-state index in [4.69, 9.17) is 4.98 Å². The molecule has 20 heavy (non-hydrogen) atoms. The molecule has 0 saturated heterocycles. The molecule has 106 valence electrons. The lowest BCUT2D eigenvalue weighted by molar-refractivity contribution is 0.112. The van der Waals surface area contributed by atoms with Crippen molar-refractivity contribution in [3.63, 3.8) is 0 Å². The Bertz CT molecular complexity index is 587. The number of carbonyl (C=O) groups is 1. The van der Waals surface area contributed by atoms with Gasteiger partial charge in [-0.15, -0.1) is 11.3 Å². The predicted octanol–water partition coefficient (Wildman–Crippen LogP) is 3.96. The Morgan fingerprint density at radius 2 is 2.35 bits per heavy atom. The maximum atomic E-state index is 11.2. The molecular weight excluding hydrogens is 288 g/mol. The number of aldehydes is 1. The molecule has 2 aromatic heterocycles. The monoisotopic (exact) mass is 306 g/mol. The van der Waals surface area contributed by atoms with Gasteiger partial charge in [-0.05, 0) is 31.2 Å². The van der Waals surface area contributed by atoms with Gasteiger partial charge in [0.1, 0.15) is 0 Å². The van der Waals surface area contributed by atoms with Gasteiger partial charge in [-0.25, -0.2) is 4.98 Å². The van der Waals surface area contributed by atoms with E-state index < -0.39 is 0 Å². The van der Waals surface area contributed by atoms with Crippen LogP contribution in [0.15, 0.2) is 17.5 Å². The van der Waals surface area contributed by atoms with Crippen LogP contribution < -0.4 is 4.90 Å². The Morgan fingerprint density at radius 3 is 2.95 bits per heavy atom. The molecule has 1 atom stereocenters. The van der Waals surface area contributed by atoms with Crippen molar-refractivity contribution in [1.82, 2.24) is 4.98 Å². The fourth-order valence-electron chi connectivity index (χ4n) is 2.26. The minimum Gasteiger partial charge on any atom is -0.348 e. The number of thiazole rings is 1. The molecule has 0 aromatic carbocycles. The van der Waals surface area contributed by atoms with Crippen LogP contribution in [0, 0.1) is 0 Å². The van der Waals surface area contributed by atoms with Gasteiger partial charge < -0.3 is 4.90 Å². The van der Waals surface area contributed by atoms with Crippen LogP contribution in [-0.4, -0.2) is 24.4 Å². The molecule has 2 aromatic rings. The maximum absolute atomic E-state index is 11.2. The minimum absolute atomic E-state index is 0.381. The largest absolute Gasteiger partial charge is 0.348 e. The molecule has 0 radical (unpaired) electrons. The van der Waals surface area contributed by atoms with Crippen molar-refractivity contribution in [3.05, 3.63) is 33.0 Å². The zero-order valence-electron chi connectivity index (χ0n) is 11.7. The van der Waals surface area contributed by atoms with Gasteiger partial charge in [0.05, 0.1) is 10.6 Å². The van der Waals surface area contributed by atoms with E-state index in [0.717, 1.165) is 28.4 Å². The number of likely N-dealkylation sites (N-methyl/N-ethyl adjacent to an activating group) is 1. The number of aromatic nitrogens is 1. The summed E-state index contributed by atoms with van der Waals surface area (Å²) in [7, 11) is 2.07. The van der Waals surface area contributed by atoms with Crippen molar-refractivity contribution < 1.29 is 4.79 Å². The Kier molecular flexibility index (Phi) is 3.89. The minimum atomic E-state index is 0.381. The van der Waals surface area contributed by atoms with Crippen molar-refractivity contribution in [3.8, 4) is 0 Å². The third-order valence-electron chi connectivity index (χ3n) is 3.78. The first-order chi connectivity index (χ1) is 9.69. The molecule has 0 N–H and O–H groups in total. The summed E-state index contributed by atoms with van der Waals surface area (Å²) in [5.41, 5.74) is 1.02. The topological polar surface area (TPSA) is 33.2 Å². The van der Waals surface area contributed by atoms with E-state index in [0.29, 0.717) is 12.0 Å². The standard InChI is InChI=1S/C15H18N2OS2/c1-10(8-12-4-3-7-19-12)17(2)15-16-14(11-5-6-11)13(9-18)20-15/h3-4,7,9-11H,5-6,8H2,1-2H3. The highest BCUT2D eigenvalue weighted by atomic mass is 32.1. The molecule has 1 saturated carbocycles. The molecule has 2 heterocycles. The summed E-state index contributed by atoms with van der Waals surface area (Å²) in [6, 6.07) is 4.64. The van der Waals surface area contributed by atoms with E-state index in [1.54, 1.807) is 11.3 Å². The lowest BCUT2D eigenvalue weighted by Gasteiger charge is -2.23. The van der Waals surface area contributed by atoms with E-state index in [-0.39, 0.29) is 0 Å². The first kappa shape index (κ1) is 13.8. The Hall–Kier alpha value is -1.20. The van der Waals surface area contributed by atoms with Crippen LogP contribution in [0.4, 0.5) is 5.13 Å². The van der Waals surface area contributed by atoms with Crippen LogP contribution in [-0.2, 0) is 6.42 Å². The number of anilines is 1. The number of rotatable bonds is 6. The molecule has 0 aliphatic heterocycles. The zero-order chi connectivity index (χ0) is 14.1. The van der Waals surface area contributed by atoms with Gasteiger partial charge in [0.25, 0.3) is 0 Å². The molecule has 1 aliphatic carbocycles. The van der Waals surface area contributed by atoms with E-state index in [2.05, 4.69) is 36.4 Å². The van der Waals surface area contributed by atoms with Crippen molar-refractivity contribution in [2.45, 2.75) is 38.1 Å². The molecule has 5 heteroatoms. The van der Waals surface area contributed by atoms with E-state index in [1.807, 2.05) is 0 Å². The van der Waals surface area contributed by atoms with Crippen LogP contribution in [0.5, 0.6) is 0 Å². The van der Waals surface area contributed by atoms with Gasteiger partial charge in [0.2, 0.25) is 0 Å². The van der Waals surface area contributed by atoms with E-state index in [1.165, 1.54) is 29.1 Å². The lowest BCUT2D eigenvalue weighted by atomic mass is 10.2. The summed E-state index contributed by atoms with van der Waals surface area (Å²) in [4.78, 5) is 20.3. The summed E-state index contributed by atoms with van der Waals surface area (Å²) in [5.74, 6) is 0.529. The number of nitrogens with zero attached hydrogens (tertiary/aromatic N) is 2. The zero-order valence-corrected chi connectivity index (χ0v) is 13.3. The molecular formula is C15H18N2OS2. The van der Waals surface area contributed by atoms with E-state index >= 15 is 0 Å². The summed E-state index contributed by atoms with van der Waals surface area (Å²) in [5, 5.41) is 3.08. The number of hydrogen-bond acceptors (Lipinski definition) is 5. The highest BCUT2D eigenvalue weighted by Gasteiger charge is 2.30. The van der Waals surface area contributed by atoms with Crippen molar-refractivity contribution in [1.29, 1.82) is 0 Å². The van der Waals surface area contributed by atoms with Gasteiger partial charge in [-0.1, -0.05) is 17.4 Å². The quantitative estimate of drug-likeness (QED) is 0.757. The Balaban J connectivity index is 1.75. The van der Waals surface area contributed by atoms with Gasteiger partial charge >= 0.3 is 0 Å². The van der Waals surface area contributed by atoms with Crippen LogP contribution in [0.1, 0.15) is 45.9 Å². The Labute approximate surface area is 127 Å².